The van der Waals surface area contributed by atoms with Crippen molar-refractivity contribution in [2.24, 2.45) is 11.8 Å². The van der Waals surface area contributed by atoms with Crippen molar-refractivity contribution in [3.8, 4) is 12.3 Å². The molecular weight excluding hydrogens is 328 g/mol. The molecule has 102 valence electrons. The Labute approximate surface area is 127 Å². The van der Waals surface area contributed by atoms with Crippen LogP contribution in [0.25, 0.3) is 0 Å². The van der Waals surface area contributed by atoms with Crippen LogP contribution in [0.15, 0.2) is 22.4 Å². The van der Waals surface area contributed by atoms with Crippen LogP contribution >= 0.6 is 27.5 Å². The minimum atomic E-state index is -0.106. The number of alkyl halides is 1. The molecule has 0 unspecified atom stereocenters. The molecule has 3 aliphatic rings. The minimum Gasteiger partial charge on any atom is -0.491 e. The molecule has 6 atom stereocenters. The van der Waals surface area contributed by atoms with Crippen molar-refractivity contribution in [3.05, 3.63) is 22.4 Å². The van der Waals surface area contributed by atoms with Gasteiger partial charge in [0.25, 0.3) is 0 Å². The molecule has 3 heterocycles. The van der Waals surface area contributed by atoms with Gasteiger partial charge in [0.1, 0.15) is 18.0 Å². The summed E-state index contributed by atoms with van der Waals surface area (Å²) < 4.78 is 13.2. The summed E-state index contributed by atoms with van der Waals surface area (Å²) in [6.45, 7) is 2.11. The van der Waals surface area contributed by atoms with E-state index in [9.17, 15) is 0 Å². The lowest BCUT2D eigenvalue weighted by atomic mass is 9.77. The van der Waals surface area contributed by atoms with Crippen LogP contribution in [0.5, 0.6) is 0 Å². The molecule has 0 N–H and O–H groups in total. The van der Waals surface area contributed by atoms with Crippen molar-refractivity contribution < 1.29 is 9.47 Å². The standard InChI is InChI=1S/C15H16BrClO2/c1-3-5-6-9(17)12-10-7-11-15(18-10)13(12)14(19-11)8(16)4-2/h1,5-6,9-13,15H,4,7H2,2H3/b6-5-,14-8-/t9-,10+,11-,12+,13-,15+/m1/s1. The summed E-state index contributed by atoms with van der Waals surface area (Å²) in [5, 5.41) is -0.106. The zero-order valence-electron chi connectivity index (χ0n) is 10.7. The fourth-order valence-corrected chi connectivity index (χ4v) is 4.25. The first-order valence-electron chi connectivity index (χ1n) is 6.64. The van der Waals surface area contributed by atoms with Crippen LogP contribution in [-0.2, 0) is 9.47 Å². The second kappa shape index (κ2) is 5.16. The molecule has 0 aromatic rings. The van der Waals surface area contributed by atoms with Gasteiger partial charge in [0.15, 0.2) is 0 Å². The zero-order chi connectivity index (χ0) is 13.6. The molecule has 3 rings (SSSR count). The van der Waals surface area contributed by atoms with E-state index < -0.39 is 0 Å². The van der Waals surface area contributed by atoms with Crippen LogP contribution in [0.2, 0.25) is 0 Å². The highest BCUT2D eigenvalue weighted by molar-refractivity contribution is 9.11. The number of allylic oxidation sites excluding steroid dienone is 3. The van der Waals surface area contributed by atoms with Crippen molar-refractivity contribution in [2.75, 3.05) is 0 Å². The van der Waals surface area contributed by atoms with Crippen LogP contribution in [-0.4, -0.2) is 23.7 Å². The Morgan fingerprint density at radius 2 is 2.42 bits per heavy atom. The molecule has 0 aromatic carbocycles. The molecule has 2 nitrogen and oxygen atoms in total. The van der Waals surface area contributed by atoms with E-state index in [4.69, 9.17) is 27.5 Å². The molecule has 19 heavy (non-hydrogen) atoms. The van der Waals surface area contributed by atoms with E-state index in [2.05, 4.69) is 28.8 Å². The Hall–Kier alpha value is -0.430. The Kier molecular flexibility index (Phi) is 3.68. The van der Waals surface area contributed by atoms with E-state index in [1.165, 1.54) is 0 Å². The van der Waals surface area contributed by atoms with Gasteiger partial charge >= 0.3 is 0 Å². The fraction of sp³-hybridized carbons (Fsp3) is 0.600. The SMILES string of the molecule is C#C/C=C\[C@@H](Cl)[C@@H]1[C@@H]2/C(=C(/Br)CC)O[C@@H]3C[C@@H]1O[C@H]23. The molecule has 0 aromatic heterocycles. The van der Waals surface area contributed by atoms with Gasteiger partial charge in [-0.05, 0) is 12.5 Å². The van der Waals surface area contributed by atoms with E-state index in [1.54, 1.807) is 6.08 Å². The minimum absolute atomic E-state index is 0.106. The third kappa shape index (κ3) is 2.05. The normalized spacial score (nSPS) is 43.4. The van der Waals surface area contributed by atoms with Crippen LogP contribution < -0.4 is 0 Å². The highest BCUT2D eigenvalue weighted by Gasteiger charge is 2.63. The van der Waals surface area contributed by atoms with E-state index >= 15 is 0 Å². The molecule has 0 radical (unpaired) electrons. The predicted octanol–water partition coefficient (Wildman–Crippen LogP) is 3.60. The Morgan fingerprint density at radius 3 is 3.11 bits per heavy atom. The summed E-state index contributed by atoms with van der Waals surface area (Å²) in [6, 6.07) is 0. The average molecular weight is 344 g/mol. The maximum atomic E-state index is 6.51. The van der Waals surface area contributed by atoms with Gasteiger partial charge in [0.05, 0.1) is 17.4 Å². The van der Waals surface area contributed by atoms with Gasteiger partial charge in [-0.15, -0.1) is 18.0 Å². The number of fused-ring (bicyclic) bond motifs is 1. The molecule has 0 spiro atoms. The highest BCUT2D eigenvalue weighted by atomic mass is 79.9. The van der Waals surface area contributed by atoms with Crippen molar-refractivity contribution in [3.63, 3.8) is 0 Å². The summed E-state index contributed by atoms with van der Waals surface area (Å²) >= 11 is 10.1. The Bertz CT molecular complexity index is 477. The number of ether oxygens (including phenoxy) is 2. The van der Waals surface area contributed by atoms with E-state index in [1.807, 2.05) is 6.08 Å². The molecule has 3 fully saturated rings. The van der Waals surface area contributed by atoms with Crippen LogP contribution in [0.3, 0.4) is 0 Å². The maximum Gasteiger partial charge on any atom is 0.128 e. The number of halogens is 2. The van der Waals surface area contributed by atoms with Gasteiger partial charge in [-0.1, -0.05) is 34.9 Å². The first-order chi connectivity index (χ1) is 9.17. The summed E-state index contributed by atoms with van der Waals surface area (Å²) in [5.74, 6) is 4.06. The van der Waals surface area contributed by atoms with Crippen LogP contribution in [0, 0.1) is 24.2 Å². The molecule has 2 bridgehead atoms. The molecule has 3 saturated heterocycles. The van der Waals surface area contributed by atoms with Gasteiger partial charge in [0.2, 0.25) is 0 Å². The number of hydrogen-bond acceptors (Lipinski definition) is 2. The smallest absolute Gasteiger partial charge is 0.128 e. The summed E-state index contributed by atoms with van der Waals surface area (Å²) in [5.41, 5.74) is 0. The zero-order valence-corrected chi connectivity index (χ0v) is 13.0. The Balaban J connectivity index is 1.91. The third-order valence-corrected chi connectivity index (χ3v) is 5.65. The Morgan fingerprint density at radius 1 is 1.63 bits per heavy atom. The van der Waals surface area contributed by atoms with Crippen LogP contribution in [0.4, 0.5) is 0 Å². The highest BCUT2D eigenvalue weighted by Crippen LogP contribution is 2.56. The lowest BCUT2D eigenvalue weighted by Crippen LogP contribution is -2.34. The van der Waals surface area contributed by atoms with Gasteiger partial charge < -0.3 is 9.47 Å². The number of hydrogen-bond donors (Lipinski definition) is 0. The van der Waals surface area contributed by atoms with Gasteiger partial charge in [-0.25, -0.2) is 0 Å². The lowest BCUT2D eigenvalue weighted by molar-refractivity contribution is 0.0690. The van der Waals surface area contributed by atoms with E-state index in [0.717, 1.165) is 23.1 Å². The summed E-state index contributed by atoms with van der Waals surface area (Å²) in [6.07, 6.45) is 11.3. The summed E-state index contributed by atoms with van der Waals surface area (Å²) in [4.78, 5) is 0. The predicted molar refractivity (Wildman–Crippen MR) is 79.0 cm³/mol. The lowest BCUT2D eigenvalue weighted by Gasteiger charge is -2.25. The van der Waals surface area contributed by atoms with Gasteiger partial charge in [0, 0.05) is 16.8 Å². The van der Waals surface area contributed by atoms with Crippen LogP contribution in [0.1, 0.15) is 19.8 Å². The third-order valence-electron chi connectivity index (χ3n) is 4.26. The fourth-order valence-electron chi connectivity index (χ4n) is 3.50. The second-order valence-electron chi connectivity index (χ2n) is 5.23. The molecule has 0 amide bonds. The van der Waals surface area contributed by atoms with Crippen molar-refractivity contribution >= 4 is 27.5 Å². The first kappa shape index (κ1) is 13.5. The topological polar surface area (TPSA) is 18.5 Å². The second-order valence-corrected chi connectivity index (χ2v) is 6.69. The molecule has 0 aliphatic carbocycles. The van der Waals surface area contributed by atoms with E-state index in [-0.39, 0.29) is 35.5 Å². The molecular formula is C15H16BrClO2. The average Bonchev–Trinajstić information content (AvgIpc) is 3.02. The van der Waals surface area contributed by atoms with Crippen molar-refractivity contribution in [1.82, 2.24) is 0 Å². The molecule has 4 heteroatoms. The molecule has 3 aliphatic heterocycles. The monoisotopic (exact) mass is 342 g/mol. The van der Waals surface area contributed by atoms with E-state index in [0.29, 0.717) is 0 Å². The van der Waals surface area contributed by atoms with Crippen molar-refractivity contribution in [2.45, 2.75) is 43.5 Å². The van der Waals surface area contributed by atoms with Gasteiger partial charge in [-0.3, -0.25) is 0 Å². The molecule has 0 saturated carbocycles. The van der Waals surface area contributed by atoms with Gasteiger partial charge in [-0.2, -0.15) is 0 Å². The quantitative estimate of drug-likeness (QED) is 0.576. The largest absolute Gasteiger partial charge is 0.491 e. The number of rotatable bonds is 3. The number of terminal acetylenes is 1. The van der Waals surface area contributed by atoms with Crippen molar-refractivity contribution in [1.29, 1.82) is 0 Å². The summed E-state index contributed by atoms with van der Waals surface area (Å²) in [7, 11) is 0. The first-order valence-corrected chi connectivity index (χ1v) is 7.87. The maximum absolute atomic E-state index is 6.51.